The van der Waals surface area contributed by atoms with E-state index in [1.165, 1.54) is 0 Å². The second-order valence-corrected chi connectivity index (χ2v) is 5.88. The number of rotatable bonds is 4. The molecule has 0 atom stereocenters. The quantitative estimate of drug-likeness (QED) is 0.926. The molecule has 0 aromatic heterocycles. The van der Waals surface area contributed by atoms with E-state index in [1.54, 1.807) is 36.4 Å². The summed E-state index contributed by atoms with van der Waals surface area (Å²) in [5.41, 5.74) is 2.39. The van der Waals surface area contributed by atoms with Crippen molar-refractivity contribution in [3.63, 3.8) is 0 Å². The summed E-state index contributed by atoms with van der Waals surface area (Å²) in [6.45, 7) is -0.0980. The zero-order chi connectivity index (χ0) is 16.2. The lowest BCUT2D eigenvalue weighted by Gasteiger charge is -2.16. The predicted molar refractivity (Wildman–Crippen MR) is 89.3 cm³/mol. The van der Waals surface area contributed by atoms with Crippen molar-refractivity contribution >= 4 is 29.0 Å². The van der Waals surface area contributed by atoms with E-state index in [1.807, 2.05) is 6.07 Å². The summed E-state index contributed by atoms with van der Waals surface area (Å²) in [7, 11) is 0. The lowest BCUT2D eigenvalue weighted by atomic mass is 9.91. The number of carbonyl (C=O) groups is 2. The van der Waals surface area contributed by atoms with Crippen molar-refractivity contribution in [3.05, 3.63) is 58.6 Å². The molecule has 0 unspecified atom stereocenters. The number of hydrogen-bond acceptors (Lipinski definition) is 3. The maximum absolute atomic E-state index is 11.9. The number of nitrogens with one attached hydrogen (secondary N) is 1. The monoisotopic (exact) mass is 329 g/mol. The van der Waals surface area contributed by atoms with Gasteiger partial charge in [0.2, 0.25) is 0 Å². The number of amides is 1. The summed E-state index contributed by atoms with van der Waals surface area (Å²) in [6, 6.07) is 12.3. The number of ether oxygens (including phenoxy) is 1. The molecule has 0 saturated heterocycles. The Hall–Kier alpha value is -2.33. The molecule has 1 aliphatic rings. The molecule has 4 nitrogen and oxygen atoms in total. The molecule has 2 aromatic rings. The number of fused-ring (bicyclic) bond motifs is 1. The topological polar surface area (TPSA) is 55.4 Å². The van der Waals surface area contributed by atoms with Gasteiger partial charge in [-0.05, 0) is 54.8 Å². The summed E-state index contributed by atoms with van der Waals surface area (Å²) in [4.78, 5) is 23.7. The third-order valence-electron chi connectivity index (χ3n) is 3.71. The third kappa shape index (κ3) is 3.90. The van der Waals surface area contributed by atoms with Crippen LogP contribution in [-0.2, 0) is 11.2 Å². The number of hydrogen-bond donors (Lipinski definition) is 1. The number of Topliss-reactive ketones (excluding diaryl/α,β-unsaturated/α-hetero) is 1. The molecule has 0 heterocycles. The van der Waals surface area contributed by atoms with Gasteiger partial charge in [-0.25, -0.2) is 0 Å². The molecule has 23 heavy (non-hydrogen) atoms. The highest BCUT2D eigenvalue weighted by Crippen LogP contribution is 2.25. The van der Waals surface area contributed by atoms with Gasteiger partial charge >= 0.3 is 0 Å². The highest BCUT2D eigenvalue weighted by Gasteiger charge is 2.17. The van der Waals surface area contributed by atoms with Crippen LogP contribution in [0.15, 0.2) is 42.5 Å². The van der Waals surface area contributed by atoms with Crippen molar-refractivity contribution in [2.24, 2.45) is 0 Å². The zero-order valence-electron chi connectivity index (χ0n) is 12.5. The standard InChI is InChI=1S/C18H16ClNO3/c19-13-4-2-5-14(10-13)20-18(22)11-23-15-7-8-16-12(9-15)3-1-6-17(16)21/h2,4-5,7-10H,1,3,6,11H2,(H,20,22). The molecule has 5 heteroatoms. The van der Waals surface area contributed by atoms with E-state index in [0.717, 1.165) is 24.0 Å². The van der Waals surface area contributed by atoms with Gasteiger partial charge in [0.25, 0.3) is 5.91 Å². The number of aryl methyl sites for hydroxylation is 1. The molecule has 0 aliphatic heterocycles. The first kappa shape index (κ1) is 15.6. The van der Waals surface area contributed by atoms with Crippen LogP contribution >= 0.6 is 11.6 Å². The lowest BCUT2D eigenvalue weighted by Crippen LogP contribution is -2.20. The maximum atomic E-state index is 11.9. The minimum Gasteiger partial charge on any atom is -0.484 e. The normalized spacial score (nSPS) is 13.3. The first-order valence-electron chi connectivity index (χ1n) is 7.46. The second kappa shape index (κ2) is 6.84. The lowest BCUT2D eigenvalue weighted by molar-refractivity contribution is -0.118. The highest BCUT2D eigenvalue weighted by atomic mass is 35.5. The van der Waals surface area contributed by atoms with Gasteiger partial charge in [-0.3, -0.25) is 9.59 Å². The number of anilines is 1. The van der Waals surface area contributed by atoms with Crippen LogP contribution in [0.3, 0.4) is 0 Å². The van der Waals surface area contributed by atoms with Crippen LogP contribution in [0.4, 0.5) is 5.69 Å². The van der Waals surface area contributed by atoms with E-state index in [0.29, 0.717) is 22.9 Å². The smallest absolute Gasteiger partial charge is 0.262 e. The van der Waals surface area contributed by atoms with Crippen LogP contribution in [0.1, 0.15) is 28.8 Å². The highest BCUT2D eigenvalue weighted by molar-refractivity contribution is 6.30. The van der Waals surface area contributed by atoms with Crippen LogP contribution < -0.4 is 10.1 Å². The average Bonchev–Trinajstić information content (AvgIpc) is 2.53. The minimum absolute atomic E-state index is 0.0980. The van der Waals surface area contributed by atoms with Crippen LogP contribution in [0.5, 0.6) is 5.75 Å². The predicted octanol–water partition coefficient (Wildman–Crippen LogP) is 3.88. The maximum Gasteiger partial charge on any atom is 0.262 e. The molecule has 3 rings (SSSR count). The molecule has 0 spiro atoms. The Morgan fingerprint density at radius 1 is 1.17 bits per heavy atom. The summed E-state index contributed by atoms with van der Waals surface area (Å²) in [5, 5.41) is 3.28. The number of benzene rings is 2. The Balaban J connectivity index is 1.60. The van der Waals surface area contributed by atoms with E-state index in [2.05, 4.69) is 5.32 Å². The van der Waals surface area contributed by atoms with Gasteiger partial charge in [-0.15, -0.1) is 0 Å². The number of carbonyl (C=O) groups excluding carboxylic acids is 2. The van der Waals surface area contributed by atoms with Crippen molar-refractivity contribution < 1.29 is 14.3 Å². The van der Waals surface area contributed by atoms with Crippen LogP contribution in [-0.4, -0.2) is 18.3 Å². The van der Waals surface area contributed by atoms with Gasteiger partial charge in [-0.2, -0.15) is 0 Å². The van der Waals surface area contributed by atoms with Crippen molar-refractivity contribution in [1.29, 1.82) is 0 Å². The molecular formula is C18H16ClNO3. The van der Waals surface area contributed by atoms with E-state index in [9.17, 15) is 9.59 Å². The second-order valence-electron chi connectivity index (χ2n) is 5.44. The fraction of sp³-hybridized carbons (Fsp3) is 0.222. The fourth-order valence-corrected chi connectivity index (χ4v) is 2.82. The van der Waals surface area contributed by atoms with Crippen LogP contribution in [0.25, 0.3) is 0 Å². The van der Waals surface area contributed by atoms with E-state index in [4.69, 9.17) is 16.3 Å². The third-order valence-corrected chi connectivity index (χ3v) is 3.94. The van der Waals surface area contributed by atoms with Crippen LogP contribution in [0, 0.1) is 0 Å². The molecule has 0 bridgehead atoms. The zero-order valence-corrected chi connectivity index (χ0v) is 13.2. The first-order chi connectivity index (χ1) is 11.1. The van der Waals surface area contributed by atoms with Gasteiger partial charge < -0.3 is 10.1 Å². The Morgan fingerprint density at radius 3 is 2.87 bits per heavy atom. The summed E-state index contributed by atoms with van der Waals surface area (Å²) >= 11 is 5.87. The molecule has 0 fully saturated rings. The van der Waals surface area contributed by atoms with Crippen molar-refractivity contribution in [3.8, 4) is 5.75 Å². The minimum atomic E-state index is -0.263. The van der Waals surface area contributed by atoms with Crippen LogP contribution in [0.2, 0.25) is 5.02 Å². The Labute approximate surface area is 139 Å². The van der Waals surface area contributed by atoms with Crippen molar-refractivity contribution in [2.45, 2.75) is 19.3 Å². The summed E-state index contributed by atoms with van der Waals surface area (Å²) < 4.78 is 5.52. The van der Waals surface area contributed by atoms with E-state index in [-0.39, 0.29) is 18.3 Å². The van der Waals surface area contributed by atoms with Gasteiger partial charge in [0.15, 0.2) is 12.4 Å². The molecule has 1 N–H and O–H groups in total. The Bertz CT molecular complexity index is 758. The number of halogens is 1. The molecule has 0 saturated carbocycles. The molecule has 1 aliphatic carbocycles. The molecular weight excluding hydrogens is 314 g/mol. The average molecular weight is 330 g/mol. The fourth-order valence-electron chi connectivity index (χ4n) is 2.62. The first-order valence-corrected chi connectivity index (χ1v) is 7.84. The van der Waals surface area contributed by atoms with E-state index < -0.39 is 0 Å². The summed E-state index contributed by atoms with van der Waals surface area (Å²) in [6.07, 6.45) is 2.34. The largest absolute Gasteiger partial charge is 0.484 e. The molecule has 1 amide bonds. The Kier molecular flexibility index (Phi) is 4.63. The van der Waals surface area contributed by atoms with Crippen molar-refractivity contribution in [2.75, 3.05) is 11.9 Å². The van der Waals surface area contributed by atoms with E-state index >= 15 is 0 Å². The van der Waals surface area contributed by atoms with Crippen molar-refractivity contribution in [1.82, 2.24) is 0 Å². The Morgan fingerprint density at radius 2 is 2.04 bits per heavy atom. The molecule has 2 aromatic carbocycles. The van der Waals surface area contributed by atoms with Gasteiger partial charge in [0.1, 0.15) is 5.75 Å². The van der Waals surface area contributed by atoms with Gasteiger partial charge in [0.05, 0.1) is 0 Å². The molecule has 118 valence electrons. The SMILES string of the molecule is O=C(COc1ccc2c(c1)CCCC2=O)Nc1cccc(Cl)c1. The summed E-state index contributed by atoms with van der Waals surface area (Å²) in [5.74, 6) is 0.511. The van der Waals surface area contributed by atoms with Gasteiger partial charge in [0, 0.05) is 22.7 Å². The van der Waals surface area contributed by atoms with Gasteiger partial charge in [-0.1, -0.05) is 17.7 Å². The number of ketones is 1. The molecule has 0 radical (unpaired) electrons.